The Morgan fingerprint density at radius 1 is 1.43 bits per heavy atom. The van der Waals surface area contributed by atoms with Crippen LogP contribution in [0.25, 0.3) is 0 Å². The minimum Gasteiger partial charge on any atom is -0.487 e. The molecule has 1 saturated heterocycles. The molecular formula is C27H38N4O4. The molecule has 2 amide bonds. The number of nitrogens with zero attached hydrogens (tertiary/aromatic N) is 1. The number of hydrogen-bond acceptors (Lipinski definition) is 5. The maximum Gasteiger partial charge on any atom is 0.232 e. The number of hydrogen-bond donors (Lipinski definition) is 3. The van der Waals surface area contributed by atoms with Crippen molar-refractivity contribution in [3.63, 3.8) is 0 Å². The highest BCUT2D eigenvalue weighted by atomic mass is 16.5. The Morgan fingerprint density at radius 3 is 2.83 bits per heavy atom. The topological polar surface area (TPSA) is 104 Å². The van der Waals surface area contributed by atoms with Gasteiger partial charge in [0.2, 0.25) is 11.8 Å². The van der Waals surface area contributed by atoms with Gasteiger partial charge in [-0.2, -0.15) is 0 Å². The average Bonchev–Trinajstić information content (AvgIpc) is 3.60. The molecule has 5 atom stereocenters. The van der Waals surface area contributed by atoms with Crippen molar-refractivity contribution >= 4 is 17.8 Å². The van der Waals surface area contributed by atoms with E-state index >= 15 is 0 Å². The molecule has 190 valence electrons. The van der Waals surface area contributed by atoms with Crippen molar-refractivity contribution < 1.29 is 19.1 Å². The Labute approximate surface area is 207 Å². The second-order valence-electron chi connectivity index (χ2n) is 10.6. The summed E-state index contributed by atoms with van der Waals surface area (Å²) < 4.78 is 11.4. The molecule has 0 radical (unpaired) electrons. The van der Waals surface area contributed by atoms with Crippen LogP contribution in [0.2, 0.25) is 0 Å². The summed E-state index contributed by atoms with van der Waals surface area (Å²) >= 11 is 0. The van der Waals surface area contributed by atoms with Gasteiger partial charge in [-0.15, -0.1) is 6.58 Å². The Bertz CT molecular complexity index is 989. The molecule has 2 heterocycles. The predicted octanol–water partition coefficient (Wildman–Crippen LogP) is 3.54. The van der Waals surface area contributed by atoms with Crippen LogP contribution in [0, 0.1) is 17.2 Å². The van der Waals surface area contributed by atoms with E-state index in [4.69, 9.17) is 14.9 Å². The largest absolute Gasteiger partial charge is 0.487 e. The van der Waals surface area contributed by atoms with Gasteiger partial charge in [-0.05, 0) is 45.1 Å². The lowest BCUT2D eigenvalue weighted by Crippen LogP contribution is -2.64. The molecule has 2 fully saturated rings. The number of nitrogens with one attached hydrogen (secondary N) is 3. The average molecular weight is 483 g/mol. The third-order valence-corrected chi connectivity index (χ3v) is 7.68. The normalized spacial score (nSPS) is 29.9. The van der Waals surface area contributed by atoms with E-state index in [9.17, 15) is 9.59 Å². The second-order valence-corrected chi connectivity index (χ2v) is 10.6. The third-order valence-electron chi connectivity index (χ3n) is 7.68. The molecule has 8 heteroatoms. The highest BCUT2D eigenvalue weighted by molar-refractivity contribution is 6.00. The summed E-state index contributed by atoms with van der Waals surface area (Å²) in [5, 5.41) is 15.1. The molecule has 4 rings (SSSR count). The first kappa shape index (κ1) is 25.2. The Kier molecular flexibility index (Phi) is 6.95. The number of methoxy groups -OCH3 is 1. The second kappa shape index (κ2) is 9.64. The quantitative estimate of drug-likeness (QED) is 0.467. The van der Waals surface area contributed by atoms with E-state index in [0.29, 0.717) is 32.3 Å². The van der Waals surface area contributed by atoms with Gasteiger partial charge in [0, 0.05) is 37.7 Å². The number of carbonyl (C=O) groups is 2. The van der Waals surface area contributed by atoms with Gasteiger partial charge >= 0.3 is 0 Å². The monoisotopic (exact) mass is 482 g/mol. The minimum atomic E-state index is -0.597. The minimum absolute atomic E-state index is 0.00661. The summed E-state index contributed by atoms with van der Waals surface area (Å²) in [7, 11) is 1.62. The first-order valence-electron chi connectivity index (χ1n) is 12.5. The molecule has 1 unspecified atom stereocenters. The maximum atomic E-state index is 13.4. The van der Waals surface area contributed by atoms with E-state index in [2.05, 4.69) is 17.2 Å². The lowest BCUT2D eigenvalue weighted by atomic mass is 9.88. The highest BCUT2D eigenvalue weighted by Crippen LogP contribution is 2.47. The zero-order chi connectivity index (χ0) is 25.4. The molecule has 3 N–H and O–H groups in total. The number of benzene rings is 1. The van der Waals surface area contributed by atoms with Crippen LogP contribution in [0.1, 0.15) is 64.5 Å². The van der Waals surface area contributed by atoms with Gasteiger partial charge in [-0.1, -0.05) is 31.2 Å². The number of amides is 2. The maximum absolute atomic E-state index is 13.4. The van der Waals surface area contributed by atoms with Crippen LogP contribution in [-0.4, -0.2) is 53.6 Å². The SMILES string of the molecule is C=C[C@@]1(CC)CC(=O)N(C(CCOC)[C@@H]2C[C@H]2C(=O)N[C@H]2CC(C)(C)Oc3ccccc32)C(=N)N1. The summed E-state index contributed by atoms with van der Waals surface area (Å²) in [6.45, 7) is 10.4. The lowest BCUT2D eigenvalue weighted by molar-refractivity contribution is -0.133. The van der Waals surface area contributed by atoms with Gasteiger partial charge in [0.25, 0.3) is 0 Å². The molecule has 1 saturated carbocycles. The first-order valence-corrected chi connectivity index (χ1v) is 12.5. The number of carbonyl (C=O) groups excluding carboxylic acids is 2. The fraction of sp³-hybridized carbons (Fsp3) is 0.593. The van der Waals surface area contributed by atoms with Crippen molar-refractivity contribution in [3.05, 3.63) is 42.5 Å². The van der Waals surface area contributed by atoms with Crippen LogP contribution in [0.15, 0.2) is 36.9 Å². The number of ether oxygens (including phenoxy) is 2. The van der Waals surface area contributed by atoms with Gasteiger partial charge < -0.3 is 20.1 Å². The molecule has 0 aromatic heterocycles. The van der Waals surface area contributed by atoms with E-state index in [0.717, 1.165) is 11.3 Å². The smallest absolute Gasteiger partial charge is 0.232 e. The van der Waals surface area contributed by atoms with E-state index in [1.165, 1.54) is 0 Å². The van der Waals surface area contributed by atoms with Gasteiger partial charge in [0.1, 0.15) is 11.4 Å². The molecule has 8 nitrogen and oxygen atoms in total. The van der Waals surface area contributed by atoms with E-state index in [1.807, 2.05) is 45.0 Å². The lowest BCUT2D eigenvalue weighted by Gasteiger charge is -2.44. The molecule has 35 heavy (non-hydrogen) atoms. The fourth-order valence-corrected chi connectivity index (χ4v) is 5.58. The Morgan fingerprint density at radius 2 is 2.17 bits per heavy atom. The van der Waals surface area contributed by atoms with E-state index in [1.54, 1.807) is 18.1 Å². The van der Waals surface area contributed by atoms with Gasteiger partial charge in [-0.25, -0.2) is 0 Å². The van der Waals surface area contributed by atoms with Crippen LogP contribution in [0.5, 0.6) is 5.75 Å². The van der Waals surface area contributed by atoms with Crippen molar-refractivity contribution in [2.75, 3.05) is 13.7 Å². The zero-order valence-electron chi connectivity index (χ0n) is 21.2. The number of para-hydroxylation sites is 1. The molecular weight excluding hydrogens is 444 g/mol. The van der Waals surface area contributed by atoms with Crippen LogP contribution in [0.3, 0.4) is 0 Å². The molecule has 0 spiro atoms. The van der Waals surface area contributed by atoms with Crippen LogP contribution >= 0.6 is 0 Å². The first-order chi connectivity index (χ1) is 16.6. The summed E-state index contributed by atoms with van der Waals surface area (Å²) in [5.41, 5.74) is 0.0135. The van der Waals surface area contributed by atoms with Crippen LogP contribution < -0.4 is 15.4 Å². The van der Waals surface area contributed by atoms with E-state index < -0.39 is 5.54 Å². The Balaban J connectivity index is 1.48. The van der Waals surface area contributed by atoms with Crippen molar-refractivity contribution in [2.45, 2.75) is 76.1 Å². The summed E-state index contributed by atoms with van der Waals surface area (Å²) in [6, 6.07) is 7.44. The predicted molar refractivity (Wildman–Crippen MR) is 134 cm³/mol. The number of guanidine groups is 1. The summed E-state index contributed by atoms with van der Waals surface area (Å²) in [6.07, 6.45) is 4.57. The Hall–Kier alpha value is -2.87. The number of rotatable bonds is 9. The summed E-state index contributed by atoms with van der Waals surface area (Å²) in [5.74, 6) is 0.551. The number of fused-ring (bicyclic) bond motifs is 1. The van der Waals surface area contributed by atoms with Crippen molar-refractivity contribution in [2.24, 2.45) is 11.8 Å². The molecule has 3 aliphatic rings. The standard InChI is InChI=1S/C27H38N4O4/c1-6-27(7-2)16-23(32)31(25(28)30-27)21(12-13-34-5)18-14-19(18)24(33)29-20-15-26(3,4)35-22-11-9-8-10-17(20)22/h6,8-11,18-21H,1,7,12-16H2,2-5H3,(H2,28,30)(H,29,33)/t18-,19-,20+,21?,27-/m1/s1. The van der Waals surface area contributed by atoms with E-state index in [-0.39, 0.29) is 53.7 Å². The van der Waals surface area contributed by atoms with Crippen LogP contribution in [-0.2, 0) is 14.3 Å². The highest BCUT2D eigenvalue weighted by Gasteiger charge is 2.53. The van der Waals surface area contributed by atoms with Crippen LogP contribution in [0.4, 0.5) is 0 Å². The molecule has 1 aromatic carbocycles. The zero-order valence-corrected chi connectivity index (χ0v) is 21.2. The van der Waals surface area contributed by atoms with Crippen molar-refractivity contribution in [3.8, 4) is 5.75 Å². The molecule has 1 aromatic rings. The van der Waals surface area contributed by atoms with Crippen molar-refractivity contribution in [1.29, 1.82) is 5.41 Å². The molecule has 1 aliphatic carbocycles. The molecule has 0 bridgehead atoms. The van der Waals surface area contributed by atoms with Gasteiger partial charge in [0.05, 0.1) is 18.0 Å². The third kappa shape index (κ3) is 5.08. The van der Waals surface area contributed by atoms with Crippen molar-refractivity contribution in [1.82, 2.24) is 15.5 Å². The fourth-order valence-electron chi connectivity index (χ4n) is 5.58. The summed E-state index contributed by atoms with van der Waals surface area (Å²) in [4.78, 5) is 28.1. The van der Waals surface area contributed by atoms with Gasteiger partial charge in [0.15, 0.2) is 5.96 Å². The molecule has 2 aliphatic heterocycles. The van der Waals surface area contributed by atoms with Gasteiger partial charge in [-0.3, -0.25) is 19.9 Å².